The molecule has 12 heteroatoms. The number of aryl methyl sites for hydroxylation is 1. The summed E-state index contributed by atoms with van der Waals surface area (Å²) in [6, 6.07) is 6.56. The lowest BCUT2D eigenvalue weighted by atomic mass is 10.2. The average molecular weight is 504 g/mol. The van der Waals surface area contributed by atoms with Gasteiger partial charge >= 0.3 is 24.9 Å². The molecule has 0 radical (unpaired) electrons. The van der Waals surface area contributed by atoms with Gasteiger partial charge in [0.2, 0.25) is 11.7 Å². The Labute approximate surface area is 196 Å². The highest BCUT2D eigenvalue weighted by Crippen LogP contribution is 2.17. The number of hydrogen-bond donors (Lipinski definition) is 1. The molecular weight excluding hydrogens is 470 g/mol. The van der Waals surface area contributed by atoms with Crippen molar-refractivity contribution in [2.24, 2.45) is 0 Å². The van der Waals surface area contributed by atoms with Crippen LogP contribution in [0.5, 0.6) is 0 Å². The lowest BCUT2D eigenvalue weighted by molar-refractivity contribution is -0.141. The first-order valence-corrected chi connectivity index (χ1v) is 13.7. The molecule has 0 saturated heterocycles. The summed E-state index contributed by atoms with van der Waals surface area (Å²) in [6.07, 6.45) is 1.82. The molecule has 10 nitrogen and oxygen atoms in total. The van der Waals surface area contributed by atoms with E-state index >= 15 is 0 Å². The molecule has 1 aromatic carbocycles. The van der Waals surface area contributed by atoms with Crippen LogP contribution < -0.4 is 5.32 Å². The molecular formula is C21H33NO9SSi. The van der Waals surface area contributed by atoms with Crippen LogP contribution in [0, 0.1) is 6.92 Å². The molecule has 1 amide bonds. The maximum atomic E-state index is 12.2. The van der Waals surface area contributed by atoms with Gasteiger partial charge in [-0.15, -0.1) is 0 Å². The Balaban J connectivity index is 2.24. The molecule has 0 bridgehead atoms. The number of nitrogens with one attached hydrogen (secondary N) is 1. The molecule has 0 heterocycles. The molecule has 186 valence electrons. The number of carbonyl (C=O) groups is 2. The van der Waals surface area contributed by atoms with Gasteiger partial charge in [-0.05, 0) is 44.9 Å². The zero-order valence-corrected chi connectivity index (χ0v) is 21.4. The second-order valence-corrected chi connectivity index (χ2v) is 11.8. The van der Waals surface area contributed by atoms with Crippen molar-refractivity contribution in [3.63, 3.8) is 0 Å². The van der Waals surface area contributed by atoms with Gasteiger partial charge in [-0.25, -0.2) is 4.79 Å². The van der Waals surface area contributed by atoms with E-state index in [1.165, 1.54) is 33.5 Å². The van der Waals surface area contributed by atoms with E-state index in [4.69, 9.17) is 22.2 Å². The topological polar surface area (TPSA) is 126 Å². The summed E-state index contributed by atoms with van der Waals surface area (Å²) < 4.78 is 50.0. The van der Waals surface area contributed by atoms with Crippen LogP contribution in [0.25, 0.3) is 0 Å². The Morgan fingerprint density at radius 1 is 1.00 bits per heavy atom. The van der Waals surface area contributed by atoms with Gasteiger partial charge in [0.25, 0.3) is 0 Å². The minimum absolute atomic E-state index is 0.00269. The summed E-state index contributed by atoms with van der Waals surface area (Å²) in [5.74, 6) is -1.73. The largest absolute Gasteiger partial charge is 0.500 e. The molecule has 1 N–H and O–H groups in total. The molecule has 0 spiro atoms. The average Bonchev–Trinajstić information content (AvgIpc) is 2.79. The van der Waals surface area contributed by atoms with Crippen LogP contribution in [-0.4, -0.2) is 63.6 Å². The van der Waals surface area contributed by atoms with Crippen molar-refractivity contribution in [2.75, 3.05) is 34.5 Å². The summed E-state index contributed by atoms with van der Waals surface area (Å²) in [5.41, 5.74) is 0.882. The molecule has 0 aliphatic heterocycles. The quantitative estimate of drug-likeness (QED) is 0.0903. The molecule has 1 rings (SSSR count). The predicted molar refractivity (Wildman–Crippen MR) is 123 cm³/mol. The smallest absolute Gasteiger partial charge is 0.460 e. The zero-order chi connectivity index (χ0) is 24.9. The van der Waals surface area contributed by atoms with E-state index in [0.717, 1.165) is 5.56 Å². The van der Waals surface area contributed by atoms with Gasteiger partial charge in [0.1, 0.15) is 4.90 Å². The van der Waals surface area contributed by atoms with Crippen molar-refractivity contribution >= 4 is 30.8 Å². The summed E-state index contributed by atoms with van der Waals surface area (Å²) in [4.78, 5) is 23.7. The highest BCUT2D eigenvalue weighted by molar-refractivity contribution is 7.86. The van der Waals surface area contributed by atoms with E-state index in [0.29, 0.717) is 31.9 Å². The first-order chi connectivity index (χ1) is 15.6. The fraction of sp³-hybridized carbons (Fsp3) is 0.524. The van der Waals surface area contributed by atoms with Crippen LogP contribution >= 0.6 is 0 Å². The summed E-state index contributed by atoms with van der Waals surface area (Å²) in [7, 11) is -2.20. The van der Waals surface area contributed by atoms with E-state index < -0.39 is 30.7 Å². The van der Waals surface area contributed by atoms with Crippen LogP contribution in [0.4, 0.5) is 0 Å². The summed E-state index contributed by atoms with van der Waals surface area (Å²) in [5, 5.41) is 2.80. The maximum Gasteiger partial charge on any atom is 0.500 e. The van der Waals surface area contributed by atoms with E-state index in [-0.39, 0.29) is 23.8 Å². The molecule has 0 saturated carbocycles. The lowest BCUT2D eigenvalue weighted by Gasteiger charge is -2.24. The number of amides is 1. The Morgan fingerprint density at radius 2 is 1.61 bits per heavy atom. The standard InChI is InChI=1S/C21H33NO9SSi/c1-17-10-12-19(13-11-17)32(25,26)31-18(2)21(24)30-15-7-6-9-20(23)22-14-8-16-33(27-3,28-4)29-5/h10-13H,2,6-9,14-16H2,1,3-5H3,(H,22,23). The molecule has 33 heavy (non-hydrogen) atoms. The molecule has 0 aliphatic rings. The van der Waals surface area contributed by atoms with E-state index in [9.17, 15) is 18.0 Å². The van der Waals surface area contributed by atoms with Crippen LogP contribution in [0.15, 0.2) is 41.5 Å². The summed E-state index contributed by atoms with van der Waals surface area (Å²) in [6.45, 7) is 5.60. The van der Waals surface area contributed by atoms with E-state index in [2.05, 4.69) is 11.9 Å². The fourth-order valence-corrected chi connectivity index (χ4v) is 5.35. The number of unbranched alkanes of at least 4 members (excludes halogenated alkanes) is 1. The Kier molecular flexibility index (Phi) is 12.3. The van der Waals surface area contributed by atoms with Gasteiger partial charge in [0.15, 0.2) is 0 Å². The number of hydrogen-bond acceptors (Lipinski definition) is 9. The molecule has 0 unspecified atom stereocenters. The third-order valence-corrected chi connectivity index (χ3v) is 8.80. The van der Waals surface area contributed by atoms with Crippen molar-refractivity contribution < 1.29 is 40.2 Å². The molecule has 0 aromatic heterocycles. The highest BCUT2D eigenvalue weighted by Gasteiger charge is 2.36. The second kappa shape index (κ2) is 14.1. The Morgan fingerprint density at radius 3 is 2.18 bits per heavy atom. The maximum absolute atomic E-state index is 12.2. The molecule has 0 atom stereocenters. The van der Waals surface area contributed by atoms with Crippen LogP contribution in [0.1, 0.15) is 31.2 Å². The third kappa shape index (κ3) is 10.0. The second-order valence-electron chi connectivity index (χ2n) is 7.12. The number of benzene rings is 1. The first kappa shape index (κ1) is 28.8. The molecule has 0 aliphatic carbocycles. The monoisotopic (exact) mass is 503 g/mol. The number of rotatable bonds is 16. The number of carbonyl (C=O) groups excluding carboxylic acids is 2. The van der Waals surface area contributed by atoms with Gasteiger partial charge in [-0.2, -0.15) is 8.42 Å². The predicted octanol–water partition coefficient (Wildman–Crippen LogP) is 2.31. The van der Waals surface area contributed by atoms with Gasteiger partial charge in [0.05, 0.1) is 6.61 Å². The first-order valence-electron chi connectivity index (χ1n) is 10.4. The zero-order valence-electron chi connectivity index (χ0n) is 19.5. The van der Waals surface area contributed by atoms with Crippen molar-refractivity contribution in [2.45, 2.75) is 43.5 Å². The normalized spacial score (nSPS) is 11.6. The van der Waals surface area contributed by atoms with E-state index in [1.54, 1.807) is 12.1 Å². The highest BCUT2D eigenvalue weighted by atomic mass is 32.2. The van der Waals surface area contributed by atoms with Crippen molar-refractivity contribution in [3.8, 4) is 0 Å². The van der Waals surface area contributed by atoms with E-state index in [1.807, 2.05) is 6.92 Å². The fourth-order valence-electron chi connectivity index (χ4n) is 2.73. The van der Waals surface area contributed by atoms with Crippen molar-refractivity contribution in [3.05, 3.63) is 42.2 Å². The third-order valence-electron chi connectivity index (χ3n) is 4.69. The van der Waals surface area contributed by atoms with Gasteiger partial charge in [-0.1, -0.05) is 17.7 Å². The number of ether oxygens (including phenoxy) is 1. The molecule has 0 fully saturated rings. The van der Waals surface area contributed by atoms with Crippen LogP contribution in [0.3, 0.4) is 0 Å². The number of esters is 1. The van der Waals surface area contributed by atoms with Gasteiger partial charge < -0.3 is 27.5 Å². The van der Waals surface area contributed by atoms with Gasteiger partial charge in [-0.3, -0.25) is 4.79 Å². The SMILES string of the molecule is C=C(OS(=O)(=O)c1ccc(C)cc1)C(=O)OCCCCC(=O)NCCC[Si](OC)(OC)OC. The molecule has 1 aromatic rings. The van der Waals surface area contributed by atoms with Crippen LogP contribution in [0.2, 0.25) is 6.04 Å². The summed E-state index contributed by atoms with van der Waals surface area (Å²) >= 11 is 0. The van der Waals surface area contributed by atoms with Gasteiger partial charge in [0, 0.05) is 40.3 Å². The van der Waals surface area contributed by atoms with Crippen LogP contribution in [-0.2, 0) is 41.9 Å². The Hall–Kier alpha value is -2.25. The van der Waals surface area contributed by atoms with Crippen molar-refractivity contribution in [1.82, 2.24) is 5.32 Å². The minimum atomic E-state index is -4.17. The lowest BCUT2D eigenvalue weighted by Crippen LogP contribution is -2.43. The Bertz CT molecular complexity index is 875. The minimum Gasteiger partial charge on any atom is -0.460 e. The van der Waals surface area contributed by atoms with Crippen molar-refractivity contribution in [1.29, 1.82) is 0 Å².